The molecule has 2 N–H and O–H groups in total. The number of rotatable bonds is 3. The maximum atomic E-state index is 11.7. The summed E-state index contributed by atoms with van der Waals surface area (Å²) < 4.78 is 65.1. The van der Waals surface area contributed by atoms with Crippen LogP contribution in [0, 0.1) is 0 Å². The quantitative estimate of drug-likeness (QED) is 0.621. The summed E-state index contributed by atoms with van der Waals surface area (Å²) in [6.45, 7) is 5.33. The van der Waals surface area contributed by atoms with Gasteiger partial charge in [-0.3, -0.25) is 14.1 Å². The molecule has 0 saturated heterocycles. The topological polar surface area (TPSA) is 134 Å². The Kier molecular flexibility index (Phi) is 4.53. The fourth-order valence-electron chi connectivity index (χ4n) is 2.01. The van der Waals surface area contributed by atoms with Crippen molar-refractivity contribution < 1.29 is 25.9 Å². The molecule has 0 bridgehead atoms. The van der Waals surface area contributed by atoms with Crippen molar-refractivity contribution in [2.24, 2.45) is 4.99 Å². The molecule has 0 saturated carbocycles. The number of nitrogens with zero attached hydrogens (tertiary/aromatic N) is 2. The van der Waals surface area contributed by atoms with E-state index < -0.39 is 35.8 Å². The fraction of sp³-hybridized carbons (Fsp3) is 0.286. The highest BCUT2D eigenvalue weighted by Gasteiger charge is 2.26. The van der Waals surface area contributed by atoms with E-state index in [0.29, 0.717) is 0 Å². The lowest BCUT2D eigenvalue weighted by Crippen LogP contribution is -2.14. The molecule has 8 nitrogen and oxygen atoms in total. The van der Waals surface area contributed by atoms with Crippen molar-refractivity contribution >= 4 is 37.2 Å². The van der Waals surface area contributed by atoms with Gasteiger partial charge in [0, 0.05) is 17.2 Å². The number of hydrogen-bond acceptors (Lipinski definition) is 6. The standard InChI is InChI=1S/C14H16N2O6S2/c1-14(2,3)15-8-11-9-6-4-5-7-10(9)12(23(17,18)19)16-13(11)24(20,21)22/h4-8H,1-3H3,(H,17,18,19)(H,20,21,22). The predicted molar refractivity (Wildman–Crippen MR) is 88.7 cm³/mol. The third kappa shape index (κ3) is 3.96. The van der Waals surface area contributed by atoms with Gasteiger partial charge in [0.2, 0.25) is 0 Å². The molecule has 24 heavy (non-hydrogen) atoms. The van der Waals surface area contributed by atoms with E-state index in [1.54, 1.807) is 26.8 Å². The Morgan fingerprint density at radius 1 is 0.958 bits per heavy atom. The van der Waals surface area contributed by atoms with Gasteiger partial charge in [0.25, 0.3) is 0 Å². The van der Waals surface area contributed by atoms with E-state index >= 15 is 0 Å². The molecule has 2 aromatic rings. The van der Waals surface area contributed by atoms with Crippen molar-refractivity contribution in [3.05, 3.63) is 29.8 Å². The van der Waals surface area contributed by atoms with Crippen LogP contribution in [0.1, 0.15) is 26.3 Å². The maximum Gasteiger partial charge on any atom is 0.312 e. The minimum Gasteiger partial charge on any atom is -0.287 e. The van der Waals surface area contributed by atoms with Crippen LogP contribution in [-0.4, -0.2) is 42.7 Å². The van der Waals surface area contributed by atoms with Gasteiger partial charge in [0.15, 0.2) is 10.1 Å². The minimum atomic E-state index is -4.85. The Bertz CT molecular complexity index is 1030. The SMILES string of the molecule is CC(C)(C)N=Cc1c(S(=O)(=O)O)nc(S(=O)(=O)O)c2ccccc12. The average Bonchev–Trinajstić information content (AvgIpc) is 2.40. The largest absolute Gasteiger partial charge is 0.312 e. The van der Waals surface area contributed by atoms with Crippen molar-refractivity contribution in [1.82, 2.24) is 4.98 Å². The number of aliphatic imine (C=N–C) groups is 1. The summed E-state index contributed by atoms with van der Waals surface area (Å²) in [7, 11) is -9.66. The molecule has 0 unspecified atom stereocenters. The van der Waals surface area contributed by atoms with Crippen LogP contribution >= 0.6 is 0 Å². The van der Waals surface area contributed by atoms with Crippen LogP contribution in [0.5, 0.6) is 0 Å². The average molecular weight is 372 g/mol. The molecule has 1 aromatic heterocycles. The molecule has 0 spiro atoms. The number of pyridine rings is 1. The first-order valence-electron chi connectivity index (χ1n) is 6.74. The van der Waals surface area contributed by atoms with Gasteiger partial charge in [-0.2, -0.15) is 16.8 Å². The second-order valence-electron chi connectivity index (χ2n) is 6.06. The molecule has 1 heterocycles. The van der Waals surface area contributed by atoms with Gasteiger partial charge in [0.1, 0.15) is 0 Å². The molecule has 130 valence electrons. The molecule has 0 aliphatic heterocycles. The highest BCUT2D eigenvalue weighted by molar-refractivity contribution is 7.86. The molecule has 0 radical (unpaired) electrons. The molecule has 1 aromatic carbocycles. The zero-order valence-electron chi connectivity index (χ0n) is 13.1. The van der Waals surface area contributed by atoms with E-state index in [-0.39, 0.29) is 16.3 Å². The van der Waals surface area contributed by atoms with Crippen LogP contribution in [0.3, 0.4) is 0 Å². The van der Waals surface area contributed by atoms with Crippen molar-refractivity contribution in [3.63, 3.8) is 0 Å². The molecule has 0 aliphatic carbocycles. The summed E-state index contributed by atoms with van der Waals surface area (Å²) in [6.07, 6.45) is 1.21. The van der Waals surface area contributed by atoms with Gasteiger partial charge < -0.3 is 0 Å². The molecule has 2 rings (SSSR count). The Morgan fingerprint density at radius 2 is 1.46 bits per heavy atom. The van der Waals surface area contributed by atoms with Crippen LogP contribution in [0.4, 0.5) is 0 Å². The van der Waals surface area contributed by atoms with Gasteiger partial charge >= 0.3 is 20.2 Å². The number of hydrogen-bond donors (Lipinski definition) is 2. The van der Waals surface area contributed by atoms with Crippen LogP contribution in [0.15, 0.2) is 39.3 Å². The van der Waals surface area contributed by atoms with E-state index in [1.165, 1.54) is 24.4 Å². The Morgan fingerprint density at radius 3 is 1.92 bits per heavy atom. The van der Waals surface area contributed by atoms with E-state index in [0.717, 1.165) is 0 Å². The molecule has 10 heteroatoms. The lowest BCUT2D eigenvalue weighted by molar-refractivity contribution is 0.473. The van der Waals surface area contributed by atoms with Crippen molar-refractivity contribution in [2.75, 3.05) is 0 Å². The van der Waals surface area contributed by atoms with Crippen molar-refractivity contribution in [2.45, 2.75) is 36.4 Å². The van der Waals surface area contributed by atoms with Crippen molar-refractivity contribution in [1.29, 1.82) is 0 Å². The second-order valence-corrected chi connectivity index (χ2v) is 8.73. The zero-order valence-corrected chi connectivity index (χ0v) is 14.8. The number of benzene rings is 1. The molecule has 0 atom stereocenters. The molecular formula is C14H16N2O6S2. The summed E-state index contributed by atoms with van der Waals surface area (Å²) >= 11 is 0. The zero-order chi connectivity index (χ0) is 18.3. The Labute approximate surface area is 139 Å². The molecule has 0 amide bonds. The van der Waals surface area contributed by atoms with Crippen LogP contribution < -0.4 is 0 Å². The highest BCUT2D eigenvalue weighted by Crippen LogP contribution is 2.28. The molecule has 0 fully saturated rings. The summed E-state index contributed by atoms with van der Waals surface area (Å²) in [6, 6.07) is 5.88. The summed E-state index contributed by atoms with van der Waals surface area (Å²) in [4.78, 5) is 7.67. The Hall–Kier alpha value is -1.88. The molecular weight excluding hydrogens is 356 g/mol. The smallest absolute Gasteiger partial charge is 0.287 e. The number of aromatic nitrogens is 1. The van der Waals surface area contributed by atoms with Crippen LogP contribution in [0.25, 0.3) is 10.8 Å². The van der Waals surface area contributed by atoms with Gasteiger partial charge in [-0.05, 0) is 26.2 Å². The summed E-state index contributed by atoms with van der Waals surface area (Å²) in [5.41, 5.74) is -0.602. The van der Waals surface area contributed by atoms with E-state index in [1.807, 2.05) is 0 Å². The van der Waals surface area contributed by atoms with Gasteiger partial charge in [-0.25, -0.2) is 4.98 Å². The van der Waals surface area contributed by atoms with E-state index in [2.05, 4.69) is 9.98 Å². The van der Waals surface area contributed by atoms with E-state index in [4.69, 9.17) is 0 Å². The second kappa shape index (κ2) is 5.88. The predicted octanol–water partition coefficient (Wildman–Crippen LogP) is 1.95. The fourth-order valence-corrected chi connectivity index (χ4v) is 3.38. The van der Waals surface area contributed by atoms with Crippen molar-refractivity contribution in [3.8, 4) is 0 Å². The first-order valence-corrected chi connectivity index (χ1v) is 9.62. The Balaban J connectivity index is 3.03. The lowest BCUT2D eigenvalue weighted by atomic mass is 10.1. The minimum absolute atomic E-state index is 0.0164. The third-order valence-corrected chi connectivity index (χ3v) is 4.55. The number of fused-ring (bicyclic) bond motifs is 1. The first kappa shape index (κ1) is 18.5. The monoisotopic (exact) mass is 372 g/mol. The van der Waals surface area contributed by atoms with Crippen LogP contribution in [0.2, 0.25) is 0 Å². The third-order valence-electron chi connectivity index (χ3n) is 2.95. The van der Waals surface area contributed by atoms with E-state index in [9.17, 15) is 25.9 Å². The summed E-state index contributed by atoms with van der Waals surface area (Å²) in [5.74, 6) is 0. The van der Waals surface area contributed by atoms with Crippen LogP contribution in [-0.2, 0) is 20.2 Å². The lowest BCUT2D eigenvalue weighted by Gasteiger charge is -2.13. The highest BCUT2D eigenvalue weighted by atomic mass is 32.2. The first-order chi connectivity index (χ1) is 10.8. The molecule has 0 aliphatic rings. The van der Waals surface area contributed by atoms with Gasteiger partial charge in [0.05, 0.1) is 5.54 Å². The van der Waals surface area contributed by atoms with Gasteiger partial charge in [-0.1, -0.05) is 24.3 Å². The normalized spacial score (nSPS) is 13.7. The maximum absolute atomic E-state index is 11.7. The summed E-state index contributed by atoms with van der Waals surface area (Å²) in [5, 5.41) is -1.55. The van der Waals surface area contributed by atoms with Gasteiger partial charge in [-0.15, -0.1) is 0 Å².